The first kappa shape index (κ1) is 18.7. The Balaban J connectivity index is 1.79. The number of carbonyl (C=O) groups is 3. The molecular weight excluding hydrogens is 310 g/mol. The predicted octanol–water partition coefficient (Wildman–Crippen LogP) is 0.831. The molecular formula is C17H29N3O4. The Morgan fingerprint density at radius 1 is 1.25 bits per heavy atom. The molecule has 0 radical (unpaired) electrons. The highest BCUT2D eigenvalue weighted by Gasteiger charge is 2.38. The van der Waals surface area contributed by atoms with Crippen molar-refractivity contribution in [2.45, 2.75) is 70.5 Å². The molecule has 24 heavy (non-hydrogen) atoms. The van der Waals surface area contributed by atoms with Crippen LogP contribution in [0.4, 0.5) is 0 Å². The lowest BCUT2D eigenvalue weighted by Gasteiger charge is -2.42. The van der Waals surface area contributed by atoms with Crippen molar-refractivity contribution in [3.8, 4) is 0 Å². The maximum atomic E-state index is 12.5. The SMILES string of the molecule is CCCC(=O)N1CCCC1C(=O)NC1CC(N(CC)CC(=O)O)C1. The maximum Gasteiger partial charge on any atom is 0.317 e. The number of nitrogens with zero attached hydrogens (tertiary/aromatic N) is 2. The number of amides is 2. The minimum Gasteiger partial charge on any atom is -0.480 e. The second-order valence-corrected chi connectivity index (χ2v) is 6.78. The highest BCUT2D eigenvalue weighted by atomic mass is 16.4. The van der Waals surface area contributed by atoms with Gasteiger partial charge in [-0.1, -0.05) is 13.8 Å². The van der Waals surface area contributed by atoms with Gasteiger partial charge in [0.2, 0.25) is 11.8 Å². The average molecular weight is 339 g/mol. The Labute approximate surface area is 143 Å². The van der Waals surface area contributed by atoms with E-state index in [1.165, 1.54) is 0 Å². The van der Waals surface area contributed by atoms with E-state index in [1.807, 2.05) is 18.7 Å². The molecule has 136 valence electrons. The zero-order valence-electron chi connectivity index (χ0n) is 14.7. The third-order valence-electron chi connectivity index (χ3n) is 5.06. The van der Waals surface area contributed by atoms with Crippen LogP contribution in [0.1, 0.15) is 52.4 Å². The number of carboxylic acids is 1. The van der Waals surface area contributed by atoms with Gasteiger partial charge in [-0.15, -0.1) is 0 Å². The first-order valence-corrected chi connectivity index (χ1v) is 9.01. The number of carbonyl (C=O) groups excluding carboxylic acids is 2. The molecule has 2 N–H and O–H groups in total. The van der Waals surface area contributed by atoms with Crippen LogP contribution in [0.15, 0.2) is 0 Å². The molecule has 2 aliphatic rings. The number of likely N-dealkylation sites (N-methyl/N-ethyl adjacent to an activating group) is 1. The van der Waals surface area contributed by atoms with Crippen LogP contribution in [0.3, 0.4) is 0 Å². The van der Waals surface area contributed by atoms with E-state index in [0.717, 1.165) is 32.1 Å². The molecule has 0 aromatic heterocycles. The molecule has 7 nitrogen and oxygen atoms in total. The number of hydrogen-bond donors (Lipinski definition) is 2. The molecule has 0 bridgehead atoms. The van der Waals surface area contributed by atoms with Crippen LogP contribution in [0.25, 0.3) is 0 Å². The van der Waals surface area contributed by atoms with Crippen LogP contribution in [-0.2, 0) is 14.4 Å². The second kappa shape index (κ2) is 8.46. The summed E-state index contributed by atoms with van der Waals surface area (Å²) >= 11 is 0. The molecule has 0 spiro atoms. The topological polar surface area (TPSA) is 90.0 Å². The molecule has 7 heteroatoms. The van der Waals surface area contributed by atoms with Crippen LogP contribution < -0.4 is 5.32 Å². The van der Waals surface area contributed by atoms with Gasteiger partial charge < -0.3 is 15.3 Å². The Kier molecular flexibility index (Phi) is 6.60. The van der Waals surface area contributed by atoms with E-state index in [9.17, 15) is 14.4 Å². The van der Waals surface area contributed by atoms with E-state index < -0.39 is 5.97 Å². The number of aliphatic carboxylic acids is 1. The summed E-state index contributed by atoms with van der Waals surface area (Å²) in [6, 6.07) is -0.0173. The molecule has 1 heterocycles. The van der Waals surface area contributed by atoms with Crippen LogP contribution in [0, 0.1) is 0 Å². The van der Waals surface area contributed by atoms with Gasteiger partial charge >= 0.3 is 5.97 Å². The molecule has 1 atom stereocenters. The summed E-state index contributed by atoms with van der Waals surface area (Å²) in [4.78, 5) is 39.1. The number of nitrogens with one attached hydrogen (secondary N) is 1. The van der Waals surface area contributed by atoms with Gasteiger partial charge in [0.1, 0.15) is 6.04 Å². The summed E-state index contributed by atoms with van der Waals surface area (Å²) in [7, 11) is 0. The Morgan fingerprint density at radius 2 is 1.96 bits per heavy atom. The first-order chi connectivity index (χ1) is 11.5. The molecule has 0 aromatic carbocycles. The lowest BCUT2D eigenvalue weighted by Crippen LogP contribution is -2.57. The van der Waals surface area contributed by atoms with Crippen LogP contribution in [0.2, 0.25) is 0 Å². The summed E-state index contributed by atoms with van der Waals surface area (Å²) in [5.74, 6) is -0.803. The monoisotopic (exact) mass is 339 g/mol. The smallest absolute Gasteiger partial charge is 0.317 e. The van der Waals surface area contributed by atoms with Gasteiger partial charge in [-0.25, -0.2) is 0 Å². The maximum absolute atomic E-state index is 12.5. The highest BCUT2D eigenvalue weighted by Crippen LogP contribution is 2.27. The van der Waals surface area contributed by atoms with Gasteiger partial charge in [0, 0.05) is 25.0 Å². The first-order valence-electron chi connectivity index (χ1n) is 9.01. The van der Waals surface area contributed by atoms with E-state index >= 15 is 0 Å². The van der Waals surface area contributed by atoms with Gasteiger partial charge in [-0.05, 0) is 38.6 Å². The minimum absolute atomic E-state index is 0.0454. The number of hydrogen-bond acceptors (Lipinski definition) is 4. The highest BCUT2D eigenvalue weighted by molar-refractivity contribution is 5.88. The summed E-state index contributed by atoms with van der Waals surface area (Å²) in [5, 5.41) is 12.0. The van der Waals surface area contributed by atoms with Crippen LogP contribution >= 0.6 is 0 Å². The summed E-state index contributed by atoms with van der Waals surface area (Å²) in [6.45, 7) is 5.33. The van der Waals surface area contributed by atoms with Gasteiger partial charge in [-0.2, -0.15) is 0 Å². The lowest BCUT2D eigenvalue weighted by molar-refractivity contribution is -0.140. The second-order valence-electron chi connectivity index (χ2n) is 6.78. The van der Waals surface area contributed by atoms with E-state index in [1.54, 1.807) is 4.90 Å². The van der Waals surface area contributed by atoms with Gasteiger partial charge in [0.05, 0.1) is 6.54 Å². The third kappa shape index (κ3) is 4.47. The van der Waals surface area contributed by atoms with Crippen molar-refractivity contribution < 1.29 is 19.5 Å². The molecule has 1 saturated heterocycles. The molecule has 2 fully saturated rings. The predicted molar refractivity (Wildman–Crippen MR) is 89.5 cm³/mol. The number of carboxylic acid groups (broad SMARTS) is 1. The molecule has 1 unspecified atom stereocenters. The molecule has 2 rings (SSSR count). The fourth-order valence-electron chi connectivity index (χ4n) is 3.67. The molecule has 1 aliphatic heterocycles. The Bertz CT molecular complexity index is 476. The fourth-order valence-corrected chi connectivity index (χ4v) is 3.67. The van der Waals surface area contributed by atoms with E-state index in [-0.39, 0.29) is 36.5 Å². The van der Waals surface area contributed by atoms with E-state index in [2.05, 4.69) is 5.32 Å². The van der Waals surface area contributed by atoms with Crippen molar-refractivity contribution in [1.29, 1.82) is 0 Å². The average Bonchev–Trinajstić information content (AvgIpc) is 2.98. The normalized spacial score (nSPS) is 26.3. The summed E-state index contributed by atoms with van der Waals surface area (Å²) < 4.78 is 0. The standard InChI is InChI=1S/C17H29N3O4/c1-3-6-15(21)20-8-5-7-14(20)17(24)18-12-9-13(10-12)19(4-2)11-16(22)23/h12-14H,3-11H2,1-2H3,(H,18,24)(H,22,23). The Hall–Kier alpha value is -1.63. The largest absolute Gasteiger partial charge is 0.480 e. The minimum atomic E-state index is -0.819. The van der Waals surface area contributed by atoms with Crippen molar-refractivity contribution in [3.05, 3.63) is 0 Å². The lowest BCUT2D eigenvalue weighted by atomic mass is 9.85. The van der Waals surface area contributed by atoms with Crippen molar-refractivity contribution in [1.82, 2.24) is 15.1 Å². The van der Waals surface area contributed by atoms with Crippen molar-refractivity contribution in [2.24, 2.45) is 0 Å². The van der Waals surface area contributed by atoms with Gasteiger partial charge in [0.15, 0.2) is 0 Å². The third-order valence-corrected chi connectivity index (χ3v) is 5.06. The van der Waals surface area contributed by atoms with E-state index in [4.69, 9.17) is 5.11 Å². The zero-order valence-corrected chi connectivity index (χ0v) is 14.7. The summed E-state index contributed by atoms with van der Waals surface area (Å²) in [5.41, 5.74) is 0. The van der Waals surface area contributed by atoms with Gasteiger partial charge in [0.25, 0.3) is 0 Å². The fraction of sp³-hybridized carbons (Fsp3) is 0.824. The van der Waals surface area contributed by atoms with Crippen molar-refractivity contribution >= 4 is 17.8 Å². The van der Waals surface area contributed by atoms with Crippen molar-refractivity contribution in [3.63, 3.8) is 0 Å². The number of likely N-dealkylation sites (tertiary alicyclic amines) is 1. The van der Waals surface area contributed by atoms with Crippen LogP contribution in [-0.4, -0.2) is 70.4 Å². The van der Waals surface area contributed by atoms with Crippen molar-refractivity contribution in [2.75, 3.05) is 19.6 Å². The Morgan fingerprint density at radius 3 is 2.54 bits per heavy atom. The van der Waals surface area contributed by atoms with E-state index in [0.29, 0.717) is 19.5 Å². The molecule has 2 amide bonds. The zero-order chi connectivity index (χ0) is 17.7. The van der Waals surface area contributed by atoms with Gasteiger partial charge in [-0.3, -0.25) is 19.3 Å². The quantitative estimate of drug-likeness (QED) is 0.684. The molecule has 0 aromatic rings. The molecule has 1 aliphatic carbocycles. The summed E-state index contributed by atoms with van der Waals surface area (Å²) in [6.07, 6.45) is 4.46. The molecule has 1 saturated carbocycles. The van der Waals surface area contributed by atoms with Crippen LogP contribution in [0.5, 0.6) is 0 Å². The number of rotatable bonds is 8.